The Labute approximate surface area is 138 Å². The number of hydrogen-bond acceptors (Lipinski definition) is 4. The van der Waals surface area contributed by atoms with Gasteiger partial charge in [0.05, 0.1) is 6.10 Å². The maximum atomic E-state index is 12.2. The van der Waals surface area contributed by atoms with Crippen molar-refractivity contribution in [1.29, 1.82) is 0 Å². The maximum Gasteiger partial charge on any atom is 0.223 e. The Hall–Kier alpha value is -1.14. The molecule has 6 heteroatoms. The predicted molar refractivity (Wildman–Crippen MR) is 86.9 cm³/mol. The Morgan fingerprint density at radius 1 is 1.04 bits per heavy atom. The van der Waals surface area contributed by atoms with Gasteiger partial charge in [0.15, 0.2) is 0 Å². The molecule has 1 saturated heterocycles. The molecule has 132 valence electrons. The molecular weight excluding hydrogens is 296 g/mol. The van der Waals surface area contributed by atoms with Gasteiger partial charge >= 0.3 is 0 Å². The van der Waals surface area contributed by atoms with Gasteiger partial charge in [0, 0.05) is 45.2 Å². The fourth-order valence-electron chi connectivity index (χ4n) is 3.35. The Morgan fingerprint density at radius 2 is 1.70 bits per heavy atom. The van der Waals surface area contributed by atoms with E-state index in [-0.39, 0.29) is 29.8 Å². The lowest BCUT2D eigenvalue weighted by molar-refractivity contribution is -0.130. The smallest absolute Gasteiger partial charge is 0.223 e. The second-order valence-corrected chi connectivity index (χ2v) is 6.57. The quantitative estimate of drug-likeness (QED) is 0.658. The summed E-state index contributed by atoms with van der Waals surface area (Å²) in [6, 6.07) is 0. The van der Waals surface area contributed by atoms with E-state index in [4.69, 9.17) is 9.47 Å². The van der Waals surface area contributed by atoms with Gasteiger partial charge in [-0.05, 0) is 44.9 Å². The van der Waals surface area contributed by atoms with Gasteiger partial charge in [-0.25, -0.2) is 0 Å². The van der Waals surface area contributed by atoms with Crippen molar-refractivity contribution in [2.75, 3.05) is 33.4 Å². The highest BCUT2D eigenvalue weighted by Crippen LogP contribution is 2.29. The van der Waals surface area contributed by atoms with Gasteiger partial charge < -0.3 is 20.1 Å². The average molecular weight is 326 g/mol. The first-order valence-electron chi connectivity index (χ1n) is 8.86. The van der Waals surface area contributed by atoms with Crippen molar-refractivity contribution in [2.24, 2.45) is 11.8 Å². The SMILES string of the molecule is COCCCNC(=O)C1CCC(C(=O)NCC2CCCO2)CC1. The largest absolute Gasteiger partial charge is 0.385 e. The third-order valence-electron chi connectivity index (χ3n) is 4.82. The zero-order valence-electron chi connectivity index (χ0n) is 14.1. The topological polar surface area (TPSA) is 76.7 Å². The van der Waals surface area contributed by atoms with Crippen molar-refractivity contribution in [3.63, 3.8) is 0 Å². The molecule has 0 spiro atoms. The van der Waals surface area contributed by atoms with Crippen LogP contribution in [-0.2, 0) is 19.1 Å². The van der Waals surface area contributed by atoms with Gasteiger partial charge in [0.1, 0.15) is 0 Å². The number of carbonyl (C=O) groups is 2. The minimum absolute atomic E-state index is 0.0499. The summed E-state index contributed by atoms with van der Waals surface area (Å²) in [4.78, 5) is 24.3. The van der Waals surface area contributed by atoms with Crippen LogP contribution >= 0.6 is 0 Å². The summed E-state index contributed by atoms with van der Waals surface area (Å²) in [5.41, 5.74) is 0. The molecule has 2 amide bonds. The summed E-state index contributed by atoms with van der Waals surface area (Å²) in [6.45, 7) is 2.76. The van der Waals surface area contributed by atoms with Crippen LogP contribution in [0.4, 0.5) is 0 Å². The molecule has 1 saturated carbocycles. The first-order chi connectivity index (χ1) is 11.2. The summed E-state index contributed by atoms with van der Waals surface area (Å²) < 4.78 is 10.5. The molecule has 1 heterocycles. The lowest BCUT2D eigenvalue weighted by Gasteiger charge is -2.27. The second-order valence-electron chi connectivity index (χ2n) is 6.57. The van der Waals surface area contributed by atoms with Gasteiger partial charge in [-0.1, -0.05) is 0 Å². The molecule has 1 unspecified atom stereocenters. The minimum atomic E-state index is 0.0499. The number of nitrogens with one attached hydrogen (secondary N) is 2. The third-order valence-corrected chi connectivity index (χ3v) is 4.82. The zero-order valence-corrected chi connectivity index (χ0v) is 14.1. The van der Waals surface area contributed by atoms with Crippen molar-refractivity contribution in [3.8, 4) is 0 Å². The lowest BCUT2D eigenvalue weighted by Crippen LogP contribution is -2.39. The molecule has 6 nitrogen and oxygen atoms in total. The first kappa shape index (κ1) is 18.2. The molecule has 0 aromatic heterocycles. The molecule has 1 aliphatic heterocycles. The highest BCUT2D eigenvalue weighted by Gasteiger charge is 2.30. The molecule has 1 atom stereocenters. The van der Waals surface area contributed by atoms with E-state index in [1.807, 2.05) is 0 Å². The molecule has 0 aromatic carbocycles. The van der Waals surface area contributed by atoms with Crippen LogP contribution in [0.3, 0.4) is 0 Å². The van der Waals surface area contributed by atoms with Crippen molar-refractivity contribution in [3.05, 3.63) is 0 Å². The fourth-order valence-corrected chi connectivity index (χ4v) is 3.35. The number of methoxy groups -OCH3 is 1. The van der Waals surface area contributed by atoms with E-state index < -0.39 is 0 Å². The first-order valence-corrected chi connectivity index (χ1v) is 8.86. The van der Waals surface area contributed by atoms with E-state index in [1.54, 1.807) is 7.11 Å². The van der Waals surface area contributed by atoms with Gasteiger partial charge in [0.2, 0.25) is 11.8 Å². The maximum absolute atomic E-state index is 12.2. The van der Waals surface area contributed by atoms with Crippen LogP contribution in [0, 0.1) is 11.8 Å². The van der Waals surface area contributed by atoms with Crippen LogP contribution in [0.2, 0.25) is 0 Å². The van der Waals surface area contributed by atoms with Gasteiger partial charge in [-0.3, -0.25) is 9.59 Å². The van der Waals surface area contributed by atoms with E-state index in [9.17, 15) is 9.59 Å². The highest BCUT2D eigenvalue weighted by molar-refractivity contribution is 5.81. The fraction of sp³-hybridized carbons (Fsp3) is 0.882. The molecule has 2 N–H and O–H groups in total. The average Bonchev–Trinajstić information content (AvgIpc) is 3.10. The van der Waals surface area contributed by atoms with Gasteiger partial charge in [-0.15, -0.1) is 0 Å². The molecule has 2 rings (SSSR count). The van der Waals surface area contributed by atoms with Gasteiger partial charge in [-0.2, -0.15) is 0 Å². The minimum Gasteiger partial charge on any atom is -0.385 e. The Morgan fingerprint density at radius 3 is 2.26 bits per heavy atom. The van der Waals surface area contributed by atoms with Gasteiger partial charge in [0.25, 0.3) is 0 Å². The van der Waals surface area contributed by atoms with E-state index >= 15 is 0 Å². The summed E-state index contributed by atoms with van der Waals surface area (Å²) in [7, 11) is 1.66. The number of amides is 2. The van der Waals surface area contributed by atoms with Crippen LogP contribution in [-0.4, -0.2) is 51.3 Å². The van der Waals surface area contributed by atoms with E-state index in [0.717, 1.165) is 51.6 Å². The van der Waals surface area contributed by atoms with Crippen LogP contribution < -0.4 is 10.6 Å². The highest BCUT2D eigenvalue weighted by atomic mass is 16.5. The van der Waals surface area contributed by atoms with Crippen LogP contribution in [0.15, 0.2) is 0 Å². The van der Waals surface area contributed by atoms with Crippen molar-refractivity contribution < 1.29 is 19.1 Å². The molecule has 2 fully saturated rings. The molecule has 0 radical (unpaired) electrons. The molecule has 23 heavy (non-hydrogen) atoms. The summed E-state index contributed by atoms with van der Waals surface area (Å²) in [5, 5.41) is 5.97. The number of carbonyl (C=O) groups excluding carboxylic acids is 2. The van der Waals surface area contributed by atoms with E-state index in [1.165, 1.54) is 0 Å². The van der Waals surface area contributed by atoms with Crippen LogP contribution in [0.1, 0.15) is 44.9 Å². The second kappa shape index (κ2) is 9.88. The van der Waals surface area contributed by atoms with E-state index in [2.05, 4.69) is 10.6 Å². The van der Waals surface area contributed by atoms with Crippen molar-refractivity contribution >= 4 is 11.8 Å². The monoisotopic (exact) mass is 326 g/mol. The number of ether oxygens (including phenoxy) is 2. The van der Waals surface area contributed by atoms with Crippen LogP contribution in [0.25, 0.3) is 0 Å². The predicted octanol–water partition coefficient (Wildman–Crippen LogP) is 1.24. The van der Waals surface area contributed by atoms with E-state index in [0.29, 0.717) is 19.7 Å². The van der Waals surface area contributed by atoms with Crippen molar-refractivity contribution in [2.45, 2.75) is 51.0 Å². The van der Waals surface area contributed by atoms with Crippen molar-refractivity contribution in [1.82, 2.24) is 10.6 Å². The Balaban J connectivity index is 1.60. The number of rotatable bonds is 8. The Bertz CT molecular complexity index is 375. The summed E-state index contributed by atoms with van der Waals surface area (Å²) in [5.74, 6) is 0.354. The zero-order chi connectivity index (χ0) is 16.5. The molecule has 1 aliphatic carbocycles. The van der Waals surface area contributed by atoms with Crippen LogP contribution in [0.5, 0.6) is 0 Å². The lowest BCUT2D eigenvalue weighted by atomic mass is 9.81. The summed E-state index contributed by atoms with van der Waals surface area (Å²) in [6.07, 6.45) is 6.35. The molecule has 2 aliphatic rings. The molecular formula is C17H30N2O4. The molecule has 0 aromatic rings. The molecule has 0 bridgehead atoms. The third kappa shape index (κ3) is 6.11. The standard InChI is InChI=1S/C17H30N2O4/c1-22-10-3-9-18-16(20)13-5-7-14(8-6-13)17(21)19-12-15-4-2-11-23-15/h13-15H,2-12H2,1H3,(H,18,20)(H,19,21). The number of hydrogen-bond donors (Lipinski definition) is 2. The normalized spacial score (nSPS) is 27.6. The summed E-state index contributed by atoms with van der Waals surface area (Å²) >= 11 is 0. The Kier molecular flexibility index (Phi) is 7.82.